The van der Waals surface area contributed by atoms with Crippen LogP contribution < -0.4 is 5.32 Å². The third kappa shape index (κ3) is 3.10. The second-order valence-electron chi connectivity index (χ2n) is 4.03. The molecule has 1 amide bonds. The lowest BCUT2D eigenvalue weighted by Crippen LogP contribution is -2.24. The first-order valence-corrected chi connectivity index (χ1v) is 5.66. The molecule has 0 fully saturated rings. The van der Waals surface area contributed by atoms with Gasteiger partial charge in [-0.25, -0.2) is 0 Å². The number of aromatic nitrogens is 2. The molecular formula is C13H15N3O2. The summed E-state index contributed by atoms with van der Waals surface area (Å²) in [6.07, 6.45) is 8.32. The van der Waals surface area contributed by atoms with Crippen LogP contribution in [0.4, 0.5) is 0 Å². The molecule has 1 atom stereocenters. The van der Waals surface area contributed by atoms with Crippen LogP contribution in [0.1, 0.15) is 24.3 Å². The summed E-state index contributed by atoms with van der Waals surface area (Å²) in [6.45, 7) is 1.87. The van der Waals surface area contributed by atoms with Gasteiger partial charge in [0.15, 0.2) is 0 Å². The molecule has 0 saturated heterocycles. The first-order chi connectivity index (χ1) is 8.65. The van der Waals surface area contributed by atoms with Crippen LogP contribution in [0.15, 0.2) is 41.3 Å². The molecule has 0 bridgehead atoms. The van der Waals surface area contributed by atoms with Crippen molar-refractivity contribution >= 4 is 12.0 Å². The van der Waals surface area contributed by atoms with Crippen molar-refractivity contribution < 1.29 is 9.21 Å². The Morgan fingerprint density at radius 2 is 2.44 bits per heavy atom. The maximum Gasteiger partial charge on any atom is 0.244 e. The molecule has 0 spiro atoms. The number of nitrogens with one attached hydrogen (secondary N) is 1. The minimum atomic E-state index is -0.164. The van der Waals surface area contributed by atoms with Gasteiger partial charge in [-0.3, -0.25) is 9.48 Å². The maximum absolute atomic E-state index is 11.7. The minimum Gasteiger partial charge on any atom is -0.467 e. The second kappa shape index (κ2) is 5.35. The van der Waals surface area contributed by atoms with Crippen molar-refractivity contribution in [3.63, 3.8) is 0 Å². The van der Waals surface area contributed by atoms with Crippen LogP contribution in [0.25, 0.3) is 6.08 Å². The molecule has 2 rings (SSSR count). The Hall–Kier alpha value is -2.30. The molecular weight excluding hydrogens is 230 g/mol. The standard InChI is InChI=1S/C13H15N3O2/c1-10(12-4-3-7-18-12)15-13(17)6-5-11-8-14-16(2)9-11/h3-10H,1-2H3,(H,15,17)/b6-5-/t10-/m0/s1. The zero-order chi connectivity index (χ0) is 13.0. The Labute approximate surface area is 105 Å². The lowest BCUT2D eigenvalue weighted by molar-refractivity contribution is -0.117. The average molecular weight is 245 g/mol. The largest absolute Gasteiger partial charge is 0.467 e. The van der Waals surface area contributed by atoms with E-state index in [-0.39, 0.29) is 11.9 Å². The van der Waals surface area contributed by atoms with Gasteiger partial charge < -0.3 is 9.73 Å². The predicted molar refractivity (Wildman–Crippen MR) is 67.5 cm³/mol. The van der Waals surface area contributed by atoms with Gasteiger partial charge in [0.1, 0.15) is 5.76 Å². The fourth-order valence-electron chi connectivity index (χ4n) is 1.57. The molecule has 5 nitrogen and oxygen atoms in total. The Bertz CT molecular complexity index is 540. The molecule has 2 heterocycles. The minimum absolute atomic E-state index is 0.147. The van der Waals surface area contributed by atoms with E-state index in [2.05, 4.69) is 10.4 Å². The number of aryl methyl sites for hydroxylation is 1. The summed E-state index contributed by atoms with van der Waals surface area (Å²) >= 11 is 0. The number of amides is 1. The highest BCUT2D eigenvalue weighted by atomic mass is 16.3. The maximum atomic E-state index is 11.7. The predicted octanol–water partition coefficient (Wildman–Crippen LogP) is 1.90. The van der Waals surface area contributed by atoms with Gasteiger partial charge in [-0.05, 0) is 25.1 Å². The number of hydrogen-bond acceptors (Lipinski definition) is 3. The molecule has 0 aliphatic carbocycles. The second-order valence-corrected chi connectivity index (χ2v) is 4.03. The van der Waals surface area contributed by atoms with Crippen LogP contribution in [0.3, 0.4) is 0 Å². The highest BCUT2D eigenvalue weighted by molar-refractivity contribution is 5.91. The van der Waals surface area contributed by atoms with Crippen LogP contribution in [-0.4, -0.2) is 15.7 Å². The van der Waals surface area contributed by atoms with Crippen molar-refractivity contribution in [2.75, 3.05) is 0 Å². The summed E-state index contributed by atoms with van der Waals surface area (Å²) in [4.78, 5) is 11.7. The zero-order valence-electron chi connectivity index (χ0n) is 10.3. The summed E-state index contributed by atoms with van der Waals surface area (Å²) in [5.41, 5.74) is 0.887. The summed E-state index contributed by atoms with van der Waals surface area (Å²) in [5, 5.41) is 6.83. The molecule has 2 aromatic rings. The molecule has 0 aliphatic rings. The number of carbonyl (C=O) groups is 1. The fraction of sp³-hybridized carbons (Fsp3) is 0.231. The van der Waals surface area contributed by atoms with Crippen molar-refractivity contribution in [2.45, 2.75) is 13.0 Å². The average Bonchev–Trinajstić information content (AvgIpc) is 2.97. The van der Waals surface area contributed by atoms with Gasteiger partial charge in [0, 0.05) is 24.9 Å². The van der Waals surface area contributed by atoms with Crippen LogP contribution >= 0.6 is 0 Å². The van der Waals surface area contributed by atoms with E-state index in [9.17, 15) is 4.79 Å². The van der Waals surface area contributed by atoms with E-state index < -0.39 is 0 Å². The normalized spacial score (nSPS) is 12.8. The lowest BCUT2D eigenvalue weighted by Gasteiger charge is -2.08. The Balaban J connectivity index is 1.91. The summed E-state index contributed by atoms with van der Waals surface area (Å²) in [7, 11) is 1.83. The number of furan rings is 1. The van der Waals surface area contributed by atoms with Crippen molar-refractivity contribution in [2.24, 2.45) is 7.05 Å². The highest BCUT2D eigenvalue weighted by Crippen LogP contribution is 2.11. The van der Waals surface area contributed by atoms with Gasteiger partial charge in [0.05, 0.1) is 18.5 Å². The third-order valence-corrected chi connectivity index (χ3v) is 2.48. The van der Waals surface area contributed by atoms with Crippen molar-refractivity contribution in [1.29, 1.82) is 0 Å². The van der Waals surface area contributed by atoms with Gasteiger partial charge in [0.25, 0.3) is 0 Å². The van der Waals surface area contributed by atoms with Crippen LogP contribution in [0.5, 0.6) is 0 Å². The molecule has 18 heavy (non-hydrogen) atoms. The van der Waals surface area contributed by atoms with Gasteiger partial charge >= 0.3 is 0 Å². The van der Waals surface area contributed by atoms with E-state index in [4.69, 9.17) is 4.42 Å². The van der Waals surface area contributed by atoms with Gasteiger partial charge in [-0.1, -0.05) is 0 Å². The van der Waals surface area contributed by atoms with Crippen LogP contribution in [-0.2, 0) is 11.8 Å². The number of carbonyl (C=O) groups excluding carboxylic acids is 1. The van der Waals surface area contributed by atoms with Gasteiger partial charge in [0.2, 0.25) is 5.91 Å². The van der Waals surface area contributed by atoms with Crippen molar-refractivity contribution in [1.82, 2.24) is 15.1 Å². The summed E-state index contributed by atoms with van der Waals surface area (Å²) in [5.74, 6) is 0.570. The lowest BCUT2D eigenvalue weighted by atomic mass is 10.2. The first kappa shape index (κ1) is 12.2. The topological polar surface area (TPSA) is 60.1 Å². The van der Waals surface area contributed by atoms with E-state index in [1.165, 1.54) is 6.08 Å². The molecule has 0 aliphatic heterocycles. The smallest absolute Gasteiger partial charge is 0.244 e. The van der Waals surface area contributed by atoms with Crippen LogP contribution in [0.2, 0.25) is 0 Å². The van der Waals surface area contributed by atoms with Crippen molar-refractivity contribution in [3.05, 3.63) is 48.2 Å². The Morgan fingerprint density at radius 3 is 3.06 bits per heavy atom. The molecule has 0 unspecified atom stereocenters. The number of hydrogen-bond donors (Lipinski definition) is 1. The van der Waals surface area contributed by atoms with Crippen molar-refractivity contribution in [3.8, 4) is 0 Å². The summed E-state index contributed by atoms with van der Waals surface area (Å²) in [6, 6.07) is 3.48. The quantitative estimate of drug-likeness (QED) is 0.837. The monoisotopic (exact) mass is 245 g/mol. The molecule has 5 heteroatoms. The highest BCUT2D eigenvalue weighted by Gasteiger charge is 2.09. The van der Waals surface area contributed by atoms with E-state index in [0.29, 0.717) is 0 Å². The fourth-order valence-corrected chi connectivity index (χ4v) is 1.57. The molecule has 94 valence electrons. The Kier molecular flexibility index (Phi) is 3.62. The first-order valence-electron chi connectivity index (χ1n) is 5.66. The Morgan fingerprint density at radius 1 is 1.61 bits per heavy atom. The van der Waals surface area contributed by atoms with E-state index in [1.807, 2.05) is 26.2 Å². The molecule has 0 saturated carbocycles. The van der Waals surface area contributed by atoms with E-state index in [1.54, 1.807) is 29.3 Å². The summed E-state index contributed by atoms with van der Waals surface area (Å²) < 4.78 is 6.89. The molecule has 2 aromatic heterocycles. The molecule has 0 aromatic carbocycles. The number of rotatable bonds is 4. The SMILES string of the molecule is C[C@H](NC(=O)/C=C\c1cnn(C)c1)c1ccco1. The molecule has 1 N–H and O–H groups in total. The third-order valence-electron chi connectivity index (χ3n) is 2.48. The van der Waals surface area contributed by atoms with Crippen LogP contribution in [0, 0.1) is 0 Å². The zero-order valence-corrected chi connectivity index (χ0v) is 10.3. The van der Waals surface area contributed by atoms with Gasteiger partial charge in [-0.2, -0.15) is 5.10 Å². The van der Waals surface area contributed by atoms with E-state index in [0.717, 1.165) is 11.3 Å². The van der Waals surface area contributed by atoms with Gasteiger partial charge in [-0.15, -0.1) is 0 Å². The number of nitrogens with zero attached hydrogens (tertiary/aromatic N) is 2. The van der Waals surface area contributed by atoms with E-state index >= 15 is 0 Å². The molecule has 0 radical (unpaired) electrons.